The average Bonchev–Trinajstić information content (AvgIpc) is 2.42. The van der Waals surface area contributed by atoms with Gasteiger partial charge in [0.25, 0.3) is 0 Å². The lowest BCUT2D eigenvalue weighted by molar-refractivity contribution is 0.127. The Labute approximate surface area is 123 Å². The van der Waals surface area contributed by atoms with Crippen LogP contribution in [0.5, 0.6) is 0 Å². The Morgan fingerprint density at radius 1 is 1.37 bits per heavy atom. The van der Waals surface area contributed by atoms with E-state index in [1.54, 1.807) is 6.07 Å². The second kappa shape index (κ2) is 6.82. The van der Waals surface area contributed by atoms with Crippen LogP contribution < -0.4 is 0 Å². The lowest BCUT2D eigenvalue weighted by atomic mass is 10.0. The number of hydrogen-bond acceptors (Lipinski definition) is 2. The third-order valence-electron chi connectivity index (χ3n) is 4.06. The van der Waals surface area contributed by atoms with Crippen LogP contribution >= 0.6 is 15.9 Å². The fourth-order valence-corrected chi connectivity index (χ4v) is 3.20. The first-order valence-corrected chi connectivity index (χ1v) is 7.76. The van der Waals surface area contributed by atoms with E-state index >= 15 is 0 Å². The highest BCUT2D eigenvalue weighted by Crippen LogP contribution is 2.22. The molecule has 1 aliphatic rings. The van der Waals surface area contributed by atoms with Gasteiger partial charge >= 0.3 is 0 Å². The van der Waals surface area contributed by atoms with Gasteiger partial charge in [-0.1, -0.05) is 28.9 Å². The van der Waals surface area contributed by atoms with Crippen LogP contribution in [0.2, 0.25) is 0 Å². The van der Waals surface area contributed by atoms with E-state index in [4.69, 9.17) is 0 Å². The van der Waals surface area contributed by atoms with E-state index < -0.39 is 0 Å². The summed E-state index contributed by atoms with van der Waals surface area (Å²) in [5.74, 6) is -0.186. The van der Waals surface area contributed by atoms with Gasteiger partial charge in [-0.15, -0.1) is 0 Å². The molecule has 1 saturated heterocycles. The summed E-state index contributed by atoms with van der Waals surface area (Å²) < 4.78 is 13.9. The van der Waals surface area contributed by atoms with Gasteiger partial charge in [-0.2, -0.15) is 0 Å². The second-order valence-electron chi connectivity index (χ2n) is 5.32. The summed E-state index contributed by atoms with van der Waals surface area (Å²) in [4.78, 5) is 4.89. The predicted octanol–water partition coefficient (Wildman–Crippen LogP) is 3.50. The van der Waals surface area contributed by atoms with Crippen molar-refractivity contribution in [2.24, 2.45) is 0 Å². The number of piperidine rings is 1. The molecule has 1 fully saturated rings. The predicted molar refractivity (Wildman–Crippen MR) is 80.7 cm³/mol. The van der Waals surface area contributed by atoms with Crippen LogP contribution in [0.4, 0.5) is 4.39 Å². The molecule has 0 bridgehead atoms. The number of likely N-dealkylation sites (tertiary alicyclic amines) is 1. The zero-order chi connectivity index (χ0) is 13.8. The minimum atomic E-state index is -0.186. The Hall–Kier alpha value is -0.450. The Kier molecular flexibility index (Phi) is 5.37. The van der Waals surface area contributed by atoms with E-state index in [0.717, 1.165) is 23.1 Å². The van der Waals surface area contributed by atoms with E-state index in [1.807, 2.05) is 6.07 Å². The summed E-state index contributed by atoms with van der Waals surface area (Å²) in [7, 11) is 2.17. The summed E-state index contributed by atoms with van der Waals surface area (Å²) in [5, 5.41) is 0. The highest BCUT2D eigenvalue weighted by atomic mass is 79.9. The van der Waals surface area contributed by atoms with Crippen molar-refractivity contribution < 1.29 is 4.39 Å². The molecule has 0 amide bonds. The Morgan fingerprint density at radius 3 is 2.63 bits per heavy atom. The molecule has 19 heavy (non-hydrogen) atoms. The first-order valence-electron chi connectivity index (χ1n) is 6.96. The van der Waals surface area contributed by atoms with Crippen LogP contribution in [-0.2, 0) is 6.54 Å². The van der Waals surface area contributed by atoms with Gasteiger partial charge in [0.1, 0.15) is 5.82 Å². The topological polar surface area (TPSA) is 6.48 Å². The van der Waals surface area contributed by atoms with E-state index in [2.05, 4.69) is 39.7 Å². The van der Waals surface area contributed by atoms with Crippen molar-refractivity contribution in [3.8, 4) is 0 Å². The van der Waals surface area contributed by atoms with Crippen LogP contribution in [0.15, 0.2) is 22.7 Å². The van der Waals surface area contributed by atoms with Crippen LogP contribution in [0, 0.1) is 5.82 Å². The Balaban J connectivity index is 1.92. The van der Waals surface area contributed by atoms with Crippen molar-refractivity contribution in [2.75, 3.05) is 26.7 Å². The van der Waals surface area contributed by atoms with Gasteiger partial charge in [-0.05, 0) is 57.2 Å². The molecule has 106 valence electrons. The second-order valence-corrected chi connectivity index (χ2v) is 6.17. The molecule has 2 nitrogen and oxygen atoms in total. The standard InChI is InChI=1S/C15H22BrFN2/c1-3-19-8-6-14(7-9-19)18(2)11-12-4-5-13(17)10-15(12)16/h4-5,10,14H,3,6-9,11H2,1-2H3. The molecule has 1 aromatic carbocycles. The van der Waals surface area contributed by atoms with Crippen LogP contribution in [-0.4, -0.2) is 42.5 Å². The fourth-order valence-electron chi connectivity index (χ4n) is 2.72. The Morgan fingerprint density at radius 2 is 2.05 bits per heavy atom. The smallest absolute Gasteiger partial charge is 0.124 e. The van der Waals surface area contributed by atoms with E-state index in [-0.39, 0.29) is 5.82 Å². The van der Waals surface area contributed by atoms with Gasteiger partial charge < -0.3 is 4.90 Å². The molecule has 1 aromatic rings. The van der Waals surface area contributed by atoms with E-state index in [9.17, 15) is 4.39 Å². The minimum Gasteiger partial charge on any atom is -0.303 e. The van der Waals surface area contributed by atoms with Crippen molar-refractivity contribution in [3.63, 3.8) is 0 Å². The van der Waals surface area contributed by atoms with Crippen molar-refractivity contribution in [2.45, 2.75) is 32.4 Å². The van der Waals surface area contributed by atoms with Gasteiger partial charge in [0.2, 0.25) is 0 Å². The van der Waals surface area contributed by atoms with E-state index in [0.29, 0.717) is 6.04 Å². The number of rotatable bonds is 4. The number of hydrogen-bond donors (Lipinski definition) is 0. The highest BCUT2D eigenvalue weighted by molar-refractivity contribution is 9.10. The summed E-state index contributed by atoms with van der Waals surface area (Å²) >= 11 is 3.45. The molecule has 4 heteroatoms. The zero-order valence-corrected chi connectivity index (χ0v) is 13.3. The summed E-state index contributed by atoms with van der Waals surface area (Å²) in [6.07, 6.45) is 2.45. The maximum absolute atomic E-state index is 13.1. The zero-order valence-electron chi connectivity index (χ0n) is 11.7. The SMILES string of the molecule is CCN1CCC(N(C)Cc2ccc(F)cc2Br)CC1. The van der Waals surface area contributed by atoms with Crippen molar-refractivity contribution in [1.29, 1.82) is 0 Å². The average molecular weight is 329 g/mol. The van der Waals surface area contributed by atoms with Gasteiger partial charge in [-0.25, -0.2) is 4.39 Å². The molecule has 0 aliphatic carbocycles. The molecule has 0 radical (unpaired) electrons. The van der Waals surface area contributed by atoms with Gasteiger partial charge in [0.05, 0.1) is 0 Å². The lowest BCUT2D eigenvalue weighted by Crippen LogP contribution is -2.42. The first-order chi connectivity index (χ1) is 9.10. The maximum atomic E-state index is 13.1. The molecule has 0 spiro atoms. The summed E-state index contributed by atoms with van der Waals surface area (Å²) in [6, 6.07) is 5.59. The van der Waals surface area contributed by atoms with Gasteiger partial charge in [-0.3, -0.25) is 4.90 Å². The quantitative estimate of drug-likeness (QED) is 0.834. The van der Waals surface area contributed by atoms with Crippen molar-refractivity contribution in [3.05, 3.63) is 34.1 Å². The van der Waals surface area contributed by atoms with Crippen LogP contribution in [0.3, 0.4) is 0 Å². The molecule has 2 rings (SSSR count). The normalized spacial score (nSPS) is 18.2. The van der Waals surface area contributed by atoms with Gasteiger partial charge in [0, 0.05) is 17.1 Å². The summed E-state index contributed by atoms with van der Waals surface area (Å²) in [6.45, 7) is 6.63. The minimum absolute atomic E-state index is 0.186. The summed E-state index contributed by atoms with van der Waals surface area (Å²) in [5.41, 5.74) is 1.15. The van der Waals surface area contributed by atoms with Crippen molar-refractivity contribution in [1.82, 2.24) is 9.80 Å². The molecule has 1 heterocycles. The fraction of sp³-hybridized carbons (Fsp3) is 0.600. The van der Waals surface area contributed by atoms with E-state index in [1.165, 1.54) is 32.0 Å². The monoisotopic (exact) mass is 328 g/mol. The number of nitrogens with zero attached hydrogens (tertiary/aromatic N) is 2. The van der Waals surface area contributed by atoms with Crippen molar-refractivity contribution >= 4 is 15.9 Å². The highest BCUT2D eigenvalue weighted by Gasteiger charge is 2.21. The molecular weight excluding hydrogens is 307 g/mol. The largest absolute Gasteiger partial charge is 0.303 e. The van der Waals surface area contributed by atoms with Crippen LogP contribution in [0.1, 0.15) is 25.3 Å². The van der Waals surface area contributed by atoms with Crippen LogP contribution in [0.25, 0.3) is 0 Å². The molecule has 0 aromatic heterocycles. The molecule has 0 saturated carbocycles. The number of halogens is 2. The lowest BCUT2D eigenvalue weighted by Gasteiger charge is -2.36. The third kappa shape index (κ3) is 4.01. The molecule has 0 atom stereocenters. The molecular formula is C15H22BrFN2. The molecule has 0 unspecified atom stereocenters. The molecule has 0 N–H and O–H groups in total. The maximum Gasteiger partial charge on any atom is 0.124 e. The third-order valence-corrected chi connectivity index (χ3v) is 4.80. The molecule has 1 aliphatic heterocycles. The first kappa shape index (κ1) is 14.9. The number of benzene rings is 1. The Bertz CT molecular complexity index is 417. The van der Waals surface area contributed by atoms with Gasteiger partial charge in [0.15, 0.2) is 0 Å².